The van der Waals surface area contributed by atoms with Crippen LogP contribution in [-0.4, -0.2) is 33.3 Å². The van der Waals surface area contributed by atoms with Crippen LogP contribution in [0.15, 0.2) is 10.6 Å². The summed E-state index contributed by atoms with van der Waals surface area (Å²) in [6, 6.07) is 0. The molecule has 0 aliphatic carbocycles. The zero-order chi connectivity index (χ0) is 13.3. The van der Waals surface area contributed by atoms with Crippen LogP contribution in [0.5, 0.6) is 0 Å². The maximum Gasteiger partial charge on any atom is 0.364 e. The number of hydrogen-bond donors (Lipinski definition) is 1. The van der Waals surface area contributed by atoms with E-state index in [4.69, 9.17) is 9.84 Å². The Kier molecular flexibility index (Phi) is 3.82. The largest absolute Gasteiger partial charge is 0.476 e. The minimum atomic E-state index is -1.59. The minimum absolute atomic E-state index is 0.0786. The van der Waals surface area contributed by atoms with Crippen molar-refractivity contribution in [2.75, 3.05) is 6.61 Å². The Hall–Kier alpha value is -1.21. The van der Waals surface area contributed by atoms with E-state index in [1.54, 1.807) is 11.5 Å². The molecular formula is C11H12BrFN2O3. The molecule has 1 aromatic rings. The SMILES string of the molecule is Cc1nc(Br)n(CC2CCO2)c1/C=C(\F)C(=O)O. The van der Waals surface area contributed by atoms with Gasteiger partial charge in [0.2, 0.25) is 5.83 Å². The second-order valence-corrected chi connectivity index (χ2v) is 4.75. The summed E-state index contributed by atoms with van der Waals surface area (Å²) in [5.41, 5.74) is 1.01. The van der Waals surface area contributed by atoms with Gasteiger partial charge in [-0.3, -0.25) is 0 Å². The fraction of sp³-hybridized carbons (Fsp3) is 0.455. The molecule has 0 saturated carbocycles. The molecule has 1 saturated heterocycles. The highest BCUT2D eigenvalue weighted by atomic mass is 79.9. The van der Waals surface area contributed by atoms with Crippen molar-refractivity contribution in [3.63, 3.8) is 0 Å². The summed E-state index contributed by atoms with van der Waals surface area (Å²) >= 11 is 3.27. The highest BCUT2D eigenvalue weighted by Crippen LogP contribution is 2.23. The molecule has 98 valence electrons. The molecule has 1 atom stereocenters. The summed E-state index contributed by atoms with van der Waals surface area (Å²) in [6.07, 6.45) is 2.00. The van der Waals surface area contributed by atoms with Crippen molar-refractivity contribution in [2.45, 2.75) is 26.0 Å². The van der Waals surface area contributed by atoms with E-state index in [1.165, 1.54) is 0 Å². The molecule has 0 amide bonds. The average Bonchev–Trinajstić information content (AvgIpc) is 2.48. The zero-order valence-electron chi connectivity index (χ0n) is 9.69. The Morgan fingerprint density at radius 2 is 2.44 bits per heavy atom. The van der Waals surface area contributed by atoms with Crippen LogP contribution in [0.1, 0.15) is 17.8 Å². The predicted molar refractivity (Wildman–Crippen MR) is 65.7 cm³/mol. The third-order valence-corrected chi connectivity index (χ3v) is 3.40. The number of nitrogens with zero attached hydrogens (tertiary/aromatic N) is 2. The van der Waals surface area contributed by atoms with E-state index in [-0.39, 0.29) is 6.10 Å². The molecule has 0 bridgehead atoms. The van der Waals surface area contributed by atoms with Gasteiger partial charge in [0.1, 0.15) is 0 Å². The lowest BCUT2D eigenvalue weighted by Crippen LogP contribution is -2.31. The second-order valence-electron chi connectivity index (χ2n) is 4.04. The van der Waals surface area contributed by atoms with Crippen molar-refractivity contribution >= 4 is 28.0 Å². The van der Waals surface area contributed by atoms with E-state index in [1.807, 2.05) is 0 Å². The van der Waals surface area contributed by atoms with Crippen molar-refractivity contribution in [3.8, 4) is 0 Å². The van der Waals surface area contributed by atoms with Crippen molar-refractivity contribution in [2.24, 2.45) is 0 Å². The highest BCUT2D eigenvalue weighted by Gasteiger charge is 2.22. The third-order valence-electron chi connectivity index (χ3n) is 2.79. The number of imidazole rings is 1. The molecule has 0 spiro atoms. The van der Waals surface area contributed by atoms with Gasteiger partial charge in [0, 0.05) is 12.7 Å². The van der Waals surface area contributed by atoms with Crippen molar-refractivity contribution in [1.29, 1.82) is 0 Å². The molecule has 1 fully saturated rings. The number of aliphatic carboxylic acids is 1. The van der Waals surface area contributed by atoms with Gasteiger partial charge >= 0.3 is 5.97 Å². The summed E-state index contributed by atoms with van der Waals surface area (Å²) in [6.45, 7) is 2.95. The Labute approximate surface area is 111 Å². The molecule has 1 aliphatic heterocycles. The maximum atomic E-state index is 13.2. The summed E-state index contributed by atoms with van der Waals surface area (Å²) in [5, 5.41) is 8.56. The van der Waals surface area contributed by atoms with E-state index in [0.29, 0.717) is 22.7 Å². The first kappa shape index (κ1) is 13.2. The maximum absolute atomic E-state index is 13.2. The van der Waals surface area contributed by atoms with Crippen LogP contribution in [0.4, 0.5) is 4.39 Å². The van der Waals surface area contributed by atoms with Gasteiger partial charge < -0.3 is 14.4 Å². The number of ether oxygens (including phenoxy) is 1. The predicted octanol–water partition coefficient (Wildman–Crippen LogP) is 2.14. The highest BCUT2D eigenvalue weighted by molar-refractivity contribution is 9.10. The number of aromatic nitrogens is 2. The normalized spacial score (nSPS) is 19.7. The van der Waals surface area contributed by atoms with Gasteiger partial charge in [-0.1, -0.05) is 0 Å². The molecule has 7 heteroatoms. The molecule has 18 heavy (non-hydrogen) atoms. The number of carbonyl (C=O) groups is 1. The summed E-state index contributed by atoms with van der Waals surface area (Å²) in [4.78, 5) is 14.7. The number of carboxylic acid groups (broad SMARTS) is 1. The van der Waals surface area contributed by atoms with Crippen molar-refractivity contribution < 1.29 is 19.0 Å². The minimum Gasteiger partial charge on any atom is -0.476 e. The lowest BCUT2D eigenvalue weighted by Gasteiger charge is -2.27. The van der Waals surface area contributed by atoms with E-state index in [2.05, 4.69) is 20.9 Å². The molecular weight excluding hydrogens is 307 g/mol. The first-order chi connectivity index (χ1) is 8.49. The Balaban J connectivity index is 2.32. The molecule has 2 heterocycles. The standard InChI is InChI=1S/C11H12BrFN2O3/c1-6-9(4-8(13)10(16)17)15(11(12)14-6)5-7-2-3-18-7/h4,7H,2-3,5H2,1H3,(H,16,17)/b8-4-. The molecule has 0 aromatic carbocycles. The number of hydrogen-bond acceptors (Lipinski definition) is 3. The average molecular weight is 319 g/mol. The van der Waals surface area contributed by atoms with Gasteiger partial charge in [-0.15, -0.1) is 0 Å². The number of rotatable bonds is 4. The van der Waals surface area contributed by atoms with Crippen LogP contribution in [-0.2, 0) is 16.1 Å². The topological polar surface area (TPSA) is 64.4 Å². The van der Waals surface area contributed by atoms with Gasteiger partial charge in [0.05, 0.1) is 24.0 Å². The van der Waals surface area contributed by atoms with Crippen LogP contribution in [0, 0.1) is 6.92 Å². The summed E-state index contributed by atoms with van der Waals surface area (Å²) in [7, 11) is 0. The van der Waals surface area contributed by atoms with Crippen molar-refractivity contribution in [3.05, 3.63) is 21.9 Å². The third kappa shape index (κ3) is 2.62. The number of carboxylic acids is 1. The van der Waals surface area contributed by atoms with Gasteiger partial charge in [0.15, 0.2) is 4.73 Å². The first-order valence-electron chi connectivity index (χ1n) is 5.43. The van der Waals surface area contributed by atoms with Gasteiger partial charge in [-0.2, -0.15) is 4.39 Å². The van der Waals surface area contributed by atoms with E-state index >= 15 is 0 Å². The van der Waals surface area contributed by atoms with Gasteiger partial charge in [0.25, 0.3) is 0 Å². The summed E-state index contributed by atoms with van der Waals surface area (Å²) < 4.78 is 20.7. The molecule has 1 N–H and O–H groups in total. The lowest BCUT2D eigenvalue weighted by molar-refractivity contribution is -0.134. The van der Waals surface area contributed by atoms with E-state index < -0.39 is 11.8 Å². The Bertz CT molecular complexity index is 509. The van der Waals surface area contributed by atoms with E-state index in [0.717, 1.165) is 19.1 Å². The van der Waals surface area contributed by atoms with Crippen LogP contribution < -0.4 is 0 Å². The van der Waals surface area contributed by atoms with Crippen LogP contribution in [0.2, 0.25) is 0 Å². The Morgan fingerprint density at radius 1 is 1.78 bits per heavy atom. The lowest BCUT2D eigenvalue weighted by atomic mass is 10.2. The zero-order valence-corrected chi connectivity index (χ0v) is 11.3. The molecule has 1 aliphatic rings. The van der Waals surface area contributed by atoms with Gasteiger partial charge in [-0.05, 0) is 29.3 Å². The quantitative estimate of drug-likeness (QED) is 0.864. The monoisotopic (exact) mass is 318 g/mol. The van der Waals surface area contributed by atoms with Crippen LogP contribution in [0.3, 0.4) is 0 Å². The fourth-order valence-electron chi connectivity index (χ4n) is 1.72. The molecule has 1 aromatic heterocycles. The van der Waals surface area contributed by atoms with Crippen molar-refractivity contribution in [1.82, 2.24) is 9.55 Å². The van der Waals surface area contributed by atoms with Crippen LogP contribution in [0.25, 0.3) is 6.08 Å². The molecule has 2 rings (SSSR count). The molecule has 0 radical (unpaired) electrons. The molecule has 1 unspecified atom stereocenters. The smallest absolute Gasteiger partial charge is 0.364 e. The van der Waals surface area contributed by atoms with Gasteiger partial charge in [-0.25, -0.2) is 9.78 Å². The molecule has 5 nitrogen and oxygen atoms in total. The van der Waals surface area contributed by atoms with Crippen LogP contribution >= 0.6 is 15.9 Å². The summed E-state index contributed by atoms with van der Waals surface area (Å²) in [5.74, 6) is -2.79. The number of aryl methyl sites for hydroxylation is 1. The second kappa shape index (κ2) is 5.19. The van der Waals surface area contributed by atoms with E-state index in [9.17, 15) is 9.18 Å². The fourth-order valence-corrected chi connectivity index (χ4v) is 2.32. The first-order valence-corrected chi connectivity index (χ1v) is 6.23. The Morgan fingerprint density at radius 3 is 2.94 bits per heavy atom. The number of halogens is 2.